The number of benzene rings is 1. The van der Waals surface area contributed by atoms with Crippen LogP contribution in [-0.4, -0.2) is 4.98 Å². The monoisotopic (exact) mass is 266 g/mol. The van der Waals surface area contributed by atoms with Crippen molar-refractivity contribution in [1.82, 2.24) is 4.98 Å². The van der Waals surface area contributed by atoms with E-state index in [9.17, 15) is 13.2 Å². The minimum absolute atomic E-state index is 0.224. The first-order valence-electron chi connectivity index (χ1n) is 5.77. The molecule has 1 aromatic heterocycles. The Morgan fingerprint density at radius 2 is 1.79 bits per heavy atom. The molecule has 1 heterocycles. The lowest BCUT2D eigenvalue weighted by atomic mass is 10.1. The molecule has 0 aliphatic heterocycles. The van der Waals surface area contributed by atoms with Gasteiger partial charge >= 0.3 is 6.18 Å². The highest BCUT2D eigenvalue weighted by Gasteiger charge is 2.32. The van der Waals surface area contributed by atoms with Gasteiger partial charge in [0.1, 0.15) is 0 Å². The molecule has 0 atom stereocenters. The van der Waals surface area contributed by atoms with Crippen LogP contribution in [0.2, 0.25) is 0 Å². The maximum Gasteiger partial charge on any atom is 0.416 e. The van der Waals surface area contributed by atoms with Crippen LogP contribution in [0.4, 0.5) is 18.9 Å². The van der Waals surface area contributed by atoms with Crippen molar-refractivity contribution in [2.75, 3.05) is 5.32 Å². The highest BCUT2D eigenvalue weighted by atomic mass is 19.4. The average molecular weight is 266 g/mol. The first-order valence-corrected chi connectivity index (χ1v) is 5.77. The third kappa shape index (κ3) is 3.47. The molecular weight excluding hydrogens is 253 g/mol. The van der Waals surface area contributed by atoms with Crippen LogP contribution in [0.15, 0.2) is 42.7 Å². The topological polar surface area (TPSA) is 24.9 Å². The van der Waals surface area contributed by atoms with E-state index in [2.05, 4.69) is 10.3 Å². The zero-order chi connectivity index (χ0) is 13.9. The van der Waals surface area contributed by atoms with Gasteiger partial charge in [-0.05, 0) is 42.3 Å². The molecule has 5 heteroatoms. The van der Waals surface area contributed by atoms with Crippen molar-refractivity contribution in [2.45, 2.75) is 19.6 Å². The van der Waals surface area contributed by atoms with E-state index in [1.165, 1.54) is 13.0 Å². The summed E-state index contributed by atoms with van der Waals surface area (Å²) in [6.45, 7) is 1.92. The smallest absolute Gasteiger partial charge is 0.381 e. The van der Waals surface area contributed by atoms with Gasteiger partial charge in [-0.2, -0.15) is 13.2 Å². The lowest BCUT2D eigenvalue weighted by Gasteiger charge is -2.13. The highest BCUT2D eigenvalue weighted by Crippen LogP contribution is 2.33. The maximum absolute atomic E-state index is 12.8. The molecule has 1 aromatic carbocycles. The van der Waals surface area contributed by atoms with E-state index in [-0.39, 0.29) is 5.56 Å². The largest absolute Gasteiger partial charge is 0.416 e. The SMILES string of the molecule is Cc1ccc(NCc2ccncc2)cc1C(F)(F)F. The fourth-order valence-electron chi connectivity index (χ4n) is 1.74. The van der Waals surface area contributed by atoms with Crippen LogP contribution in [0.3, 0.4) is 0 Å². The molecule has 1 N–H and O–H groups in total. The van der Waals surface area contributed by atoms with E-state index in [1.54, 1.807) is 18.5 Å². The molecule has 0 unspecified atom stereocenters. The third-order valence-corrected chi connectivity index (χ3v) is 2.79. The van der Waals surface area contributed by atoms with E-state index in [0.717, 1.165) is 11.6 Å². The van der Waals surface area contributed by atoms with Crippen LogP contribution in [-0.2, 0) is 12.7 Å². The van der Waals surface area contributed by atoms with Gasteiger partial charge < -0.3 is 5.32 Å². The molecule has 0 saturated heterocycles. The zero-order valence-electron chi connectivity index (χ0n) is 10.3. The number of pyridine rings is 1. The van der Waals surface area contributed by atoms with Gasteiger partial charge in [0, 0.05) is 24.6 Å². The first-order chi connectivity index (χ1) is 8.97. The Labute approximate surface area is 109 Å². The normalized spacial score (nSPS) is 11.4. The van der Waals surface area contributed by atoms with Gasteiger partial charge in [-0.25, -0.2) is 0 Å². The molecule has 19 heavy (non-hydrogen) atoms. The summed E-state index contributed by atoms with van der Waals surface area (Å²) in [5.41, 5.74) is 1.04. The van der Waals surface area contributed by atoms with Crippen LogP contribution in [0.1, 0.15) is 16.7 Å². The molecule has 2 aromatic rings. The zero-order valence-corrected chi connectivity index (χ0v) is 10.3. The minimum Gasteiger partial charge on any atom is -0.381 e. The standard InChI is InChI=1S/C14H13F3N2/c1-10-2-3-12(8-13(10)14(15,16)17)19-9-11-4-6-18-7-5-11/h2-8,19H,9H2,1H3. The number of aromatic nitrogens is 1. The molecule has 0 spiro atoms. The number of alkyl halides is 3. The lowest BCUT2D eigenvalue weighted by Crippen LogP contribution is -2.09. The van der Waals surface area contributed by atoms with Gasteiger partial charge in [0.05, 0.1) is 5.56 Å². The lowest BCUT2D eigenvalue weighted by molar-refractivity contribution is -0.138. The molecule has 0 fully saturated rings. The van der Waals surface area contributed by atoms with E-state index in [0.29, 0.717) is 12.2 Å². The molecule has 100 valence electrons. The Morgan fingerprint density at radius 3 is 2.42 bits per heavy atom. The second-order valence-electron chi connectivity index (χ2n) is 4.24. The summed E-state index contributed by atoms with van der Waals surface area (Å²) in [5, 5.41) is 2.97. The second kappa shape index (κ2) is 5.30. The first kappa shape index (κ1) is 13.4. The van der Waals surface area contributed by atoms with E-state index in [4.69, 9.17) is 0 Å². The van der Waals surface area contributed by atoms with Crippen molar-refractivity contribution < 1.29 is 13.2 Å². The fourth-order valence-corrected chi connectivity index (χ4v) is 1.74. The Kier molecular flexibility index (Phi) is 3.74. The summed E-state index contributed by atoms with van der Waals surface area (Å²) in [4.78, 5) is 3.88. The average Bonchev–Trinajstić information content (AvgIpc) is 2.37. The Morgan fingerprint density at radius 1 is 1.11 bits per heavy atom. The van der Waals surface area contributed by atoms with E-state index in [1.807, 2.05) is 12.1 Å². The van der Waals surface area contributed by atoms with E-state index >= 15 is 0 Å². The van der Waals surface area contributed by atoms with Crippen LogP contribution < -0.4 is 5.32 Å². The van der Waals surface area contributed by atoms with Crippen molar-refractivity contribution in [3.63, 3.8) is 0 Å². The quantitative estimate of drug-likeness (QED) is 0.907. The number of rotatable bonds is 3. The number of nitrogens with zero attached hydrogens (tertiary/aromatic N) is 1. The third-order valence-electron chi connectivity index (χ3n) is 2.79. The van der Waals surface area contributed by atoms with Crippen molar-refractivity contribution in [3.05, 3.63) is 59.4 Å². The number of nitrogens with one attached hydrogen (secondary N) is 1. The van der Waals surface area contributed by atoms with Gasteiger partial charge in [-0.15, -0.1) is 0 Å². The Balaban J connectivity index is 2.14. The number of anilines is 1. The molecular formula is C14H13F3N2. The van der Waals surface area contributed by atoms with Crippen LogP contribution >= 0.6 is 0 Å². The van der Waals surface area contributed by atoms with Crippen LogP contribution in [0.25, 0.3) is 0 Å². The molecule has 0 aliphatic carbocycles. The molecule has 2 nitrogen and oxygen atoms in total. The summed E-state index contributed by atoms with van der Waals surface area (Å²) in [6, 6.07) is 7.87. The van der Waals surface area contributed by atoms with Gasteiger partial charge in [0.15, 0.2) is 0 Å². The number of aryl methyl sites for hydroxylation is 1. The molecule has 0 bridgehead atoms. The van der Waals surface area contributed by atoms with Gasteiger partial charge in [0.2, 0.25) is 0 Å². The van der Waals surface area contributed by atoms with Gasteiger partial charge in [-0.1, -0.05) is 6.07 Å². The second-order valence-corrected chi connectivity index (χ2v) is 4.24. The maximum atomic E-state index is 12.8. The van der Waals surface area contributed by atoms with Gasteiger partial charge in [-0.3, -0.25) is 4.98 Å². The predicted molar refractivity (Wildman–Crippen MR) is 67.7 cm³/mol. The van der Waals surface area contributed by atoms with Gasteiger partial charge in [0.25, 0.3) is 0 Å². The Hall–Kier alpha value is -2.04. The van der Waals surface area contributed by atoms with Crippen molar-refractivity contribution in [3.8, 4) is 0 Å². The molecule has 0 aliphatic rings. The predicted octanol–water partition coefficient (Wildman–Crippen LogP) is 4.02. The van der Waals surface area contributed by atoms with Crippen LogP contribution in [0.5, 0.6) is 0 Å². The summed E-state index contributed by atoms with van der Waals surface area (Å²) < 4.78 is 38.3. The summed E-state index contributed by atoms with van der Waals surface area (Å²) >= 11 is 0. The number of halogens is 3. The molecule has 2 rings (SSSR count). The van der Waals surface area contributed by atoms with Crippen molar-refractivity contribution >= 4 is 5.69 Å². The minimum atomic E-state index is -4.32. The Bertz CT molecular complexity index is 550. The number of hydrogen-bond acceptors (Lipinski definition) is 2. The summed E-state index contributed by atoms with van der Waals surface area (Å²) in [5.74, 6) is 0. The van der Waals surface area contributed by atoms with Crippen LogP contribution in [0, 0.1) is 6.92 Å². The molecule has 0 radical (unpaired) electrons. The number of hydrogen-bond donors (Lipinski definition) is 1. The molecule has 0 amide bonds. The summed E-state index contributed by atoms with van der Waals surface area (Å²) in [6.07, 6.45) is -1.03. The fraction of sp³-hybridized carbons (Fsp3) is 0.214. The highest BCUT2D eigenvalue weighted by molar-refractivity contribution is 5.49. The van der Waals surface area contributed by atoms with Crippen molar-refractivity contribution in [1.29, 1.82) is 0 Å². The molecule has 0 saturated carbocycles. The summed E-state index contributed by atoms with van der Waals surface area (Å²) in [7, 11) is 0. The van der Waals surface area contributed by atoms with Crippen molar-refractivity contribution in [2.24, 2.45) is 0 Å². The van der Waals surface area contributed by atoms with E-state index < -0.39 is 11.7 Å².